The van der Waals surface area contributed by atoms with Gasteiger partial charge in [-0.1, -0.05) is 6.07 Å². The molecule has 0 unspecified atom stereocenters. The molecule has 1 aromatic rings. The summed E-state index contributed by atoms with van der Waals surface area (Å²) in [6, 6.07) is 5.57. The Hall–Kier alpha value is -1.82. The first-order valence-electron chi connectivity index (χ1n) is 5.61. The Kier molecular flexibility index (Phi) is 6.56. The number of carbonyl (C=O) groups is 1. The summed E-state index contributed by atoms with van der Waals surface area (Å²) < 4.78 is 22.8. The SMILES string of the molecule is COCCNC(=O)NCCOc1cccc(F)c1. The molecular weight excluding hydrogens is 239 g/mol. The molecular formula is C12H17FN2O3. The number of hydrogen-bond acceptors (Lipinski definition) is 3. The quantitative estimate of drug-likeness (QED) is 0.719. The van der Waals surface area contributed by atoms with Gasteiger partial charge in [0.15, 0.2) is 0 Å². The Bertz CT molecular complexity index is 374. The molecule has 0 atom stereocenters. The second-order valence-corrected chi connectivity index (χ2v) is 3.48. The van der Waals surface area contributed by atoms with Crippen LogP contribution in [0.4, 0.5) is 9.18 Å². The van der Waals surface area contributed by atoms with Gasteiger partial charge in [0, 0.05) is 19.7 Å². The van der Waals surface area contributed by atoms with E-state index in [4.69, 9.17) is 9.47 Å². The average Bonchev–Trinajstić information content (AvgIpc) is 2.35. The van der Waals surface area contributed by atoms with Gasteiger partial charge in [0.05, 0.1) is 13.2 Å². The molecule has 2 amide bonds. The van der Waals surface area contributed by atoms with Crippen molar-refractivity contribution >= 4 is 6.03 Å². The first-order valence-corrected chi connectivity index (χ1v) is 5.61. The minimum absolute atomic E-state index is 0.279. The third kappa shape index (κ3) is 6.05. The van der Waals surface area contributed by atoms with Crippen molar-refractivity contribution in [1.29, 1.82) is 0 Å². The number of ether oxygens (including phenoxy) is 2. The fourth-order valence-corrected chi connectivity index (χ4v) is 1.22. The highest BCUT2D eigenvalue weighted by atomic mass is 19.1. The van der Waals surface area contributed by atoms with E-state index in [0.717, 1.165) is 0 Å². The number of methoxy groups -OCH3 is 1. The van der Waals surface area contributed by atoms with Gasteiger partial charge in [0.2, 0.25) is 0 Å². The molecule has 0 saturated carbocycles. The van der Waals surface area contributed by atoms with Crippen molar-refractivity contribution in [3.63, 3.8) is 0 Å². The molecule has 0 radical (unpaired) electrons. The number of hydrogen-bond donors (Lipinski definition) is 2. The molecule has 0 spiro atoms. The van der Waals surface area contributed by atoms with E-state index in [1.807, 2.05) is 0 Å². The maximum absolute atomic E-state index is 12.8. The van der Waals surface area contributed by atoms with Crippen molar-refractivity contribution in [3.8, 4) is 5.75 Å². The third-order valence-electron chi connectivity index (χ3n) is 2.04. The van der Waals surface area contributed by atoms with E-state index < -0.39 is 0 Å². The lowest BCUT2D eigenvalue weighted by Gasteiger charge is -2.08. The maximum Gasteiger partial charge on any atom is 0.314 e. The Labute approximate surface area is 105 Å². The Balaban J connectivity index is 2.09. The lowest BCUT2D eigenvalue weighted by molar-refractivity contribution is 0.195. The normalized spacial score (nSPS) is 9.89. The number of amides is 2. The molecule has 0 aliphatic carbocycles. The van der Waals surface area contributed by atoms with Crippen LogP contribution in [-0.2, 0) is 4.74 Å². The summed E-state index contributed by atoms with van der Waals surface area (Å²) in [6.45, 7) is 1.54. The van der Waals surface area contributed by atoms with E-state index in [9.17, 15) is 9.18 Å². The van der Waals surface area contributed by atoms with Crippen molar-refractivity contribution < 1.29 is 18.7 Å². The fraction of sp³-hybridized carbons (Fsp3) is 0.417. The zero-order valence-corrected chi connectivity index (χ0v) is 10.2. The first-order chi connectivity index (χ1) is 8.72. The molecule has 0 heterocycles. The van der Waals surface area contributed by atoms with E-state index in [-0.39, 0.29) is 18.5 Å². The number of rotatable bonds is 7. The van der Waals surface area contributed by atoms with Crippen LogP contribution in [0.25, 0.3) is 0 Å². The summed E-state index contributed by atoms with van der Waals surface area (Å²) in [7, 11) is 1.56. The second kappa shape index (κ2) is 8.30. The predicted octanol–water partition coefficient (Wildman–Crippen LogP) is 1.15. The van der Waals surface area contributed by atoms with Gasteiger partial charge < -0.3 is 20.1 Å². The topological polar surface area (TPSA) is 59.6 Å². The Morgan fingerprint density at radius 1 is 1.28 bits per heavy atom. The smallest absolute Gasteiger partial charge is 0.314 e. The fourth-order valence-electron chi connectivity index (χ4n) is 1.22. The Morgan fingerprint density at radius 2 is 2.00 bits per heavy atom. The molecule has 0 bridgehead atoms. The molecule has 0 aliphatic heterocycles. The minimum Gasteiger partial charge on any atom is -0.492 e. The van der Waals surface area contributed by atoms with Crippen LogP contribution in [0.3, 0.4) is 0 Å². The molecule has 5 nitrogen and oxygen atoms in total. The van der Waals surface area contributed by atoms with E-state index in [1.165, 1.54) is 12.1 Å². The van der Waals surface area contributed by atoms with E-state index in [1.54, 1.807) is 19.2 Å². The van der Waals surface area contributed by atoms with Crippen molar-refractivity contribution in [3.05, 3.63) is 30.1 Å². The van der Waals surface area contributed by atoms with Crippen LogP contribution in [0.2, 0.25) is 0 Å². The molecule has 0 fully saturated rings. The highest BCUT2D eigenvalue weighted by Crippen LogP contribution is 2.11. The van der Waals surface area contributed by atoms with Gasteiger partial charge in [-0.25, -0.2) is 9.18 Å². The molecule has 2 N–H and O–H groups in total. The van der Waals surface area contributed by atoms with Crippen molar-refractivity contribution in [1.82, 2.24) is 10.6 Å². The van der Waals surface area contributed by atoms with Gasteiger partial charge in [0.1, 0.15) is 18.2 Å². The summed E-state index contributed by atoms with van der Waals surface area (Å²) in [6.07, 6.45) is 0. The van der Waals surface area contributed by atoms with Gasteiger partial charge >= 0.3 is 6.03 Å². The average molecular weight is 256 g/mol. The van der Waals surface area contributed by atoms with Crippen molar-refractivity contribution in [2.24, 2.45) is 0 Å². The number of benzene rings is 1. The van der Waals surface area contributed by atoms with E-state index >= 15 is 0 Å². The lowest BCUT2D eigenvalue weighted by atomic mass is 10.3. The van der Waals surface area contributed by atoms with Crippen molar-refractivity contribution in [2.45, 2.75) is 0 Å². The zero-order valence-electron chi connectivity index (χ0n) is 10.2. The van der Waals surface area contributed by atoms with Crippen LogP contribution in [0.5, 0.6) is 5.75 Å². The van der Waals surface area contributed by atoms with Crippen LogP contribution in [0.1, 0.15) is 0 Å². The molecule has 1 aromatic carbocycles. The molecule has 0 aliphatic rings. The van der Waals surface area contributed by atoms with E-state index in [0.29, 0.717) is 25.4 Å². The van der Waals surface area contributed by atoms with Crippen LogP contribution in [-0.4, -0.2) is 39.4 Å². The molecule has 0 saturated heterocycles. The zero-order chi connectivity index (χ0) is 13.2. The standard InChI is InChI=1S/C12H17FN2O3/c1-17-7-5-14-12(16)15-6-8-18-11-4-2-3-10(13)9-11/h2-4,9H,5-8H2,1H3,(H2,14,15,16). The van der Waals surface area contributed by atoms with Gasteiger partial charge in [-0.2, -0.15) is 0 Å². The molecule has 6 heteroatoms. The number of carbonyl (C=O) groups excluding carboxylic acids is 1. The van der Waals surface area contributed by atoms with Gasteiger partial charge in [0.25, 0.3) is 0 Å². The second-order valence-electron chi connectivity index (χ2n) is 3.48. The summed E-state index contributed by atoms with van der Waals surface area (Å²) in [5.41, 5.74) is 0. The highest BCUT2D eigenvalue weighted by Gasteiger charge is 1.99. The van der Waals surface area contributed by atoms with E-state index in [2.05, 4.69) is 10.6 Å². The van der Waals surface area contributed by atoms with Crippen LogP contribution >= 0.6 is 0 Å². The predicted molar refractivity (Wildman–Crippen MR) is 65.2 cm³/mol. The van der Waals surface area contributed by atoms with Gasteiger partial charge in [-0.3, -0.25) is 0 Å². The summed E-state index contributed by atoms with van der Waals surface area (Å²) in [5, 5.41) is 5.20. The number of nitrogens with one attached hydrogen (secondary N) is 2. The lowest BCUT2D eigenvalue weighted by Crippen LogP contribution is -2.39. The summed E-state index contributed by atoms with van der Waals surface area (Å²) in [5.74, 6) is 0.0920. The van der Waals surface area contributed by atoms with Crippen molar-refractivity contribution in [2.75, 3.05) is 33.4 Å². The van der Waals surface area contributed by atoms with Gasteiger partial charge in [-0.05, 0) is 12.1 Å². The monoisotopic (exact) mass is 256 g/mol. The number of urea groups is 1. The number of halogens is 1. The maximum atomic E-state index is 12.8. The third-order valence-corrected chi connectivity index (χ3v) is 2.04. The summed E-state index contributed by atoms with van der Waals surface area (Å²) >= 11 is 0. The summed E-state index contributed by atoms with van der Waals surface area (Å²) in [4.78, 5) is 11.2. The molecule has 0 aromatic heterocycles. The molecule has 100 valence electrons. The molecule has 18 heavy (non-hydrogen) atoms. The first kappa shape index (κ1) is 14.2. The highest BCUT2D eigenvalue weighted by molar-refractivity contribution is 5.73. The van der Waals surface area contributed by atoms with Crippen LogP contribution < -0.4 is 15.4 Å². The minimum atomic E-state index is -0.349. The van der Waals surface area contributed by atoms with Gasteiger partial charge in [-0.15, -0.1) is 0 Å². The van der Waals surface area contributed by atoms with Crippen LogP contribution in [0.15, 0.2) is 24.3 Å². The molecule has 1 rings (SSSR count). The van der Waals surface area contributed by atoms with Crippen LogP contribution in [0, 0.1) is 5.82 Å². The largest absolute Gasteiger partial charge is 0.492 e. The Morgan fingerprint density at radius 3 is 2.67 bits per heavy atom.